The van der Waals surface area contributed by atoms with E-state index in [1.54, 1.807) is 5.57 Å². The topological polar surface area (TPSA) is 12.0 Å². The van der Waals surface area contributed by atoms with Gasteiger partial charge in [-0.25, -0.2) is 0 Å². The van der Waals surface area contributed by atoms with E-state index in [2.05, 4.69) is 35.1 Å². The van der Waals surface area contributed by atoms with Crippen molar-refractivity contribution in [2.45, 2.75) is 64.3 Å². The van der Waals surface area contributed by atoms with Crippen LogP contribution in [0.2, 0.25) is 0 Å². The molecule has 1 nitrogen and oxygen atoms in total. The Morgan fingerprint density at radius 2 is 2.32 bits per heavy atom. The van der Waals surface area contributed by atoms with Gasteiger partial charge in [-0.2, -0.15) is 11.3 Å². The second kappa shape index (κ2) is 8.55. The summed E-state index contributed by atoms with van der Waals surface area (Å²) in [5.74, 6) is 0. The Morgan fingerprint density at radius 3 is 3.00 bits per heavy atom. The average molecular weight is 277 g/mol. The van der Waals surface area contributed by atoms with Crippen LogP contribution < -0.4 is 5.32 Å². The maximum absolute atomic E-state index is 3.74. The third-order valence-corrected chi connectivity index (χ3v) is 4.67. The summed E-state index contributed by atoms with van der Waals surface area (Å²) < 4.78 is 0. The van der Waals surface area contributed by atoms with Crippen LogP contribution in [0.1, 0.15) is 57.4 Å². The predicted octanol–water partition coefficient (Wildman–Crippen LogP) is 4.94. The molecule has 1 aromatic heterocycles. The van der Waals surface area contributed by atoms with Crippen molar-refractivity contribution >= 4 is 11.3 Å². The third kappa shape index (κ3) is 5.50. The second-order valence-corrected chi connectivity index (χ2v) is 6.41. The molecule has 0 saturated heterocycles. The molecule has 0 bridgehead atoms. The van der Waals surface area contributed by atoms with Crippen LogP contribution in [0.3, 0.4) is 0 Å². The first-order valence-electron chi connectivity index (χ1n) is 7.81. The van der Waals surface area contributed by atoms with Crippen LogP contribution in [-0.2, 0) is 6.42 Å². The maximum atomic E-state index is 3.74. The lowest BCUT2D eigenvalue weighted by molar-refractivity contribution is 0.466. The highest BCUT2D eigenvalue weighted by atomic mass is 32.1. The molecule has 0 fully saturated rings. The fourth-order valence-electron chi connectivity index (χ4n) is 2.81. The van der Waals surface area contributed by atoms with Gasteiger partial charge in [0.15, 0.2) is 0 Å². The molecule has 1 atom stereocenters. The number of hydrogen-bond acceptors (Lipinski definition) is 2. The monoisotopic (exact) mass is 277 g/mol. The summed E-state index contributed by atoms with van der Waals surface area (Å²) in [6.45, 7) is 3.41. The highest BCUT2D eigenvalue weighted by molar-refractivity contribution is 7.07. The van der Waals surface area contributed by atoms with Crippen LogP contribution in [0.25, 0.3) is 0 Å². The van der Waals surface area contributed by atoms with E-state index >= 15 is 0 Å². The third-order valence-electron chi connectivity index (χ3n) is 3.94. The van der Waals surface area contributed by atoms with Gasteiger partial charge in [0.05, 0.1) is 0 Å². The van der Waals surface area contributed by atoms with Crippen molar-refractivity contribution in [3.63, 3.8) is 0 Å². The summed E-state index contributed by atoms with van der Waals surface area (Å²) in [5.41, 5.74) is 3.20. The molecular weight excluding hydrogens is 250 g/mol. The molecule has 0 aliphatic heterocycles. The molecule has 0 amide bonds. The maximum Gasteiger partial charge on any atom is 0.0107 e. The molecule has 0 aromatic carbocycles. The minimum atomic E-state index is 0.671. The summed E-state index contributed by atoms with van der Waals surface area (Å²) in [6, 6.07) is 2.94. The minimum absolute atomic E-state index is 0.671. The molecule has 1 aliphatic rings. The first-order chi connectivity index (χ1) is 9.38. The van der Waals surface area contributed by atoms with Gasteiger partial charge in [0.1, 0.15) is 0 Å². The van der Waals surface area contributed by atoms with E-state index in [0.29, 0.717) is 6.04 Å². The molecule has 0 saturated carbocycles. The molecule has 106 valence electrons. The van der Waals surface area contributed by atoms with Crippen LogP contribution in [0.5, 0.6) is 0 Å². The van der Waals surface area contributed by atoms with Gasteiger partial charge < -0.3 is 5.32 Å². The zero-order chi connectivity index (χ0) is 13.3. The number of aryl methyl sites for hydroxylation is 1. The minimum Gasteiger partial charge on any atom is -0.314 e. The van der Waals surface area contributed by atoms with Gasteiger partial charge in [-0.15, -0.1) is 0 Å². The Kier molecular flexibility index (Phi) is 6.66. The fourth-order valence-corrected chi connectivity index (χ4v) is 3.51. The molecule has 1 N–H and O–H groups in total. The van der Waals surface area contributed by atoms with Crippen LogP contribution >= 0.6 is 11.3 Å². The Hall–Kier alpha value is -0.600. The van der Waals surface area contributed by atoms with E-state index in [1.807, 2.05) is 11.3 Å². The molecule has 1 heterocycles. The van der Waals surface area contributed by atoms with Crippen molar-refractivity contribution < 1.29 is 0 Å². The largest absolute Gasteiger partial charge is 0.314 e. The van der Waals surface area contributed by atoms with Crippen molar-refractivity contribution in [1.82, 2.24) is 5.32 Å². The highest BCUT2D eigenvalue weighted by Crippen LogP contribution is 2.23. The smallest absolute Gasteiger partial charge is 0.0107 e. The second-order valence-electron chi connectivity index (χ2n) is 5.63. The van der Waals surface area contributed by atoms with Crippen molar-refractivity contribution in [3.8, 4) is 0 Å². The van der Waals surface area contributed by atoms with Gasteiger partial charge in [0.2, 0.25) is 0 Å². The van der Waals surface area contributed by atoms with E-state index in [-0.39, 0.29) is 0 Å². The lowest BCUT2D eigenvalue weighted by Gasteiger charge is -2.22. The van der Waals surface area contributed by atoms with Crippen LogP contribution in [-0.4, -0.2) is 12.6 Å². The number of allylic oxidation sites excluding steroid dienone is 1. The van der Waals surface area contributed by atoms with E-state index < -0.39 is 0 Å². The number of thiophene rings is 1. The van der Waals surface area contributed by atoms with E-state index in [4.69, 9.17) is 0 Å². The fraction of sp³-hybridized carbons (Fsp3) is 0.647. The van der Waals surface area contributed by atoms with Gasteiger partial charge in [0.25, 0.3) is 0 Å². The van der Waals surface area contributed by atoms with Gasteiger partial charge >= 0.3 is 0 Å². The van der Waals surface area contributed by atoms with E-state index in [9.17, 15) is 0 Å². The Morgan fingerprint density at radius 1 is 1.37 bits per heavy atom. The van der Waals surface area contributed by atoms with Gasteiger partial charge in [0, 0.05) is 6.04 Å². The Bertz CT molecular complexity index is 367. The van der Waals surface area contributed by atoms with Gasteiger partial charge in [-0.1, -0.05) is 18.6 Å². The molecular formula is C17H27NS. The van der Waals surface area contributed by atoms with Crippen molar-refractivity contribution in [1.29, 1.82) is 0 Å². The Labute approximate surface area is 122 Å². The average Bonchev–Trinajstić information content (AvgIpc) is 2.96. The van der Waals surface area contributed by atoms with Crippen LogP contribution in [0, 0.1) is 0 Å². The zero-order valence-corrected chi connectivity index (χ0v) is 13.0. The molecule has 1 aromatic rings. The molecule has 2 heteroatoms. The van der Waals surface area contributed by atoms with Crippen molar-refractivity contribution in [3.05, 3.63) is 34.0 Å². The normalized spacial score (nSPS) is 17.2. The first-order valence-corrected chi connectivity index (χ1v) is 8.75. The first kappa shape index (κ1) is 14.8. The van der Waals surface area contributed by atoms with Crippen molar-refractivity contribution in [2.75, 3.05) is 6.54 Å². The highest BCUT2D eigenvalue weighted by Gasteiger charge is 2.12. The molecule has 0 spiro atoms. The molecule has 1 aliphatic carbocycles. The van der Waals surface area contributed by atoms with Crippen molar-refractivity contribution in [2.24, 2.45) is 0 Å². The molecule has 0 radical (unpaired) electrons. The molecule has 2 rings (SSSR count). The summed E-state index contributed by atoms with van der Waals surface area (Å²) in [6.07, 6.45) is 12.9. The lowest BCUT2D eigenvalue weighted by Crippen LogP contribution is -2.31. The number of nitrogens with one attached hydrogen (secondary N) is 1. The van der Waals surface area contributed by atoms with Crippen LogP contribution in [0.15, 0.2) is 28.5 Å². The molecule has 19 heavy (non-hydrogen) atoms. The lowest BCUT2D eigenvalue weighted by atomic mass is 9.92. The Balaban J connectivity index is 1.81. The number of rotatable bonds is 8. The zero-order valence-electron chi connectivity index (χ0n) is 12.2. The quantitative estimate of drug-likeness (QED) is 0.664. The van der Waals surface area contributed by atoms with Gasteiger partial charge in [-0.3, -0.25) is 0 Å². The van der Waals surface area contributed by atoms with E-state index in [0.717, 1.165) is 6.54 Å². The summed E-state index contributed by atoms with van der Waals surface area (Å²) in [5, 5.41) is 8.22. The SMILES string of the molecule is CCCNC(CCc1ccsc1)CC1=CCCCC1. The van der Waals surface area contributed by atoms with Gasteiger partial charge in [-0.05, 0) is 80.3 Å². The van der Waals surface area contributed by atoms with E-state index in [1.165, 1.54) is 56.9 Å². The molecule has 1 unspecified atom stereocenters. The van der Waals surface area contributed by atoms with Crippen LogP contribution in [0.4, 0.5) is 0 Å². The summed E-state index contributed by atoms with van der Waals surface area (Å²) >= 11 is 1.81. The summed E-state index contributed by atoms with van der Waals surface area (Å²) in [4.78, 5) is 0. The summed E-state index contributed by atoms with van der Waals surface area (Å²) in [7, 11) is 0. The number of hydrogen-bond donors (Lipinski definition) is 1. The predicted molar refractivity (Wildman–Crippen MR) is 85.9 cm³/mol. The standard InChI is InChI=1S/C17H27NS/c1-2-11-18-17(9-8-16-10-12-19-14-16)13-15-6-4-3-5-7-15/h6,10,12,14,17-18H,2-5,7-9,11,13H2,1H3.